The van der Waals surface area contributed by atoms with E-state index >= 15 is 0 Å². The van der Waals surface area contributed by atoms with Crippen LogP contribution in [0.4, 0.5) is 10.1 Å². The normalized spacial score (nSPS) is 19.0. The molecule has 8 heteroatoms. The third kappa shape index (κ3) is 4.13. The van der Waals surface area contributed by atoms with Gasteiger partial charge in [0.1, 0.15) is 5.82 Å². The second kappa shape index (κ2) is 8.38. The lowest BCUT2D eigenvalue weighted by Crippen LogP contribution is -2.49. The van der Waals surface area contributed by atoms with Gasteiger partial charge >= 0.3 is 11.8 Å². The van der Waals surface area contributed by atoms with Gasteiger partial charge in [0.25, 0.3) is 0 Å². The first-order valence-electron chi connectivity index (χ1n) is 9.50. The van der Waals surface area contributed by atoms with Crippen LogP contribution in [0.15, 0.2) is 54.7 Å². The van der Waals surface area contributed by atoms with Crippen LogP contribution >= 0.6 is 11.6 Å². The summed E-state index contributed by atoms with van der Waals surface area (Å²) in [7, 11) is 0. The van der Waals surface area contributed by atoms with Crippen LogP contribution in [0, 0.1) is 5.82 Å². The standard InChI is InChI=1S/C22H19ClFN3O3/c23-13-1-4-15(5-2-13)26-21(29)22(30)27-10-8-17(20(28)12-27)16-7-9-25-19-6-3-14(24)11-18(16)19/h1-7,9,11,17,20,28H,8,10,12H2,(H,26,29)/t17-,20-/m0/s1. The van der Waals surface area contributed by atoms with Crippen molar-refractivity contribution in [3.8, 4) is 0 Å². The number of hydrogen-bond donors (Lipinski definition) is 2. The lowest BCUT2D eigenvalue weighted by atomic mass is 9.85. The Morgan fingerprint density at radius 1 is 1.17 bits per heavy atom. The molecule has 4 rings (SSSR count). The van der Waals surface area contributed by atoms with E-state index in [1.807, 2.05) is 0 Å². The Labute approximate surface area is 177 Å². The number of hydrogen-bond acceptors (Lipinski definition) is 4. The molecule has 0 bridgehead atoms. The van der Waals surface area contributed by atoms with Gasteiger partial charge in [-0.15, -0.1) is 0 Å². The van der Waals surface area contributed by atoms with Crippen LogP contribution in [0.2, 0.25) is 5.02 Å². The number of likely N-dealkylation sites (tertiary alicyclic amines) is 1. The maximum Gasteiger partial charge on any atom is 0.313 e. The molecule has 1 aliphatic rings. The van der Waals surface area contributed by atoms with Gasteiger partial charge in [0.05, 0.1) is 11.6 Å². The fourth-order valence-electron chi connectivity index (χ4n) is 3.80. The van der Waals surface area contributed by atoms with Crippen molar-refractivity contribution in [2.45, 2.75) is 18.4 Å². The van der Waals surface area contributed by atoms with Gasteiger partial charge in [0.2, 0.25) is 0 Å². The molecule has 3 aromatic rings. The van der Waals surface area contributed by atoms with Crippen LogP contribution in [0.3, 0.4) is 0 Å². The molecule has 1 aromatic heterocycles. The number of rotatable bonds is 2. The van der Waals surface area contributed by atoms with Gasteiger partial charge in [-0.2, -0.15) is 0 Å². The Hall–Kier alpha value is -3.03. The minimum Gasteiger partial charge on any atom is -0.391 e. The van der Waals surface area contributed by atoms with Gasteiger partial charge in [-0.25, -0.2) is 4.39 Å². The second-order valence-corrected chi connectivity index (χ2v) is 7.67. The third-order valence-electron chi connectivity index (χ3n) is 5.30. The fraction of sp³-hybridized carbons (Fsp3) is 0.227. The van der Waals surface area contributed by atoms with E-state index in [0.29, 0.717) is 34.6 Å². The number of piperidine rings is 1. The highest BCUT2D eigenvalue weighted by Gasteiger charge is 2.34. The summed E-state index contributed by atoms with van der Waals surface area (Å²) >= 11 is 5.82. The summed E-state index contributed by atoms with van der Waals surface area (Å²) in [5.74, 6) is -2.16. The van der Waals surface area contributed by atoms with E-state index in [9.17, 15) is 19.1 Å². The number of aliphatic hydroxyl groups excluding tert-OH is 1. The Kier molecular flexibility index (Phi) is 5.65. The minimum atomic E-state index is -0.889. The van der Waals surface area contributed by atoms with Crippen LogP contribution in [0.1, 0.15) is 17.9 Å². The maximum atomic E-state index is 13.7. The smallest absolute Gasteiger partial charge is 0.313 e. The average molecular weight is 428 g/mol. The molecule has 2 aromatic carbocycles. The van der Waals surface area contributed by atoms with E-state index in [1.54, 1.807) is 42.6 Å². The molecule has 1 fully saturated rings. The van der Waals surface area contributed by atoms with Crippen molar-refractivity contribution in [3.63, 3.8) is 0 Å². The number of halogens is 2. The summed E-state index contributed by atoms with van der Waals surface area (Å²) < 4.78 is 13.7. The number of nitrogens with one attached hydrogen (secondary N) is 1. The lowest BCUT2D eigenvalue weighted by Gasteiger charge is -2.36. The number of nitrogens with zero attached hydrogens (tertiary/aromatic N) is 2. The van der Waals surface area contributed by atoms with E-state index in [-0.39, 0.29) is 18.3 Å². The number of carbonyl (C=O) groups excluding carboxylic acids is 2. The van der Waals surface area contributed by atoms with Crippen molar-refractivity contribution >= 4 is 40.0 Å². The van der Waals surface area contributed by atoms with Gasteiger partial charge in [-0.05, 0) is 60.5 Å². The largest absolute Gasteiger partial charge is 0.391 e. The molecule has 2 atom stereocenters. The molecule has 0 radical (unpaired) electrons. The number of aliphatic hydroxyl groups is 1. The van der Waals surface area contributed by atoms with Gasteiger partial charge < -0.3 is 15.3 Å². The molecule has 30 heavy (non-hydrogen) atoms. The molecule has 1 saturated heterocycles. The Balaban J connectivity index is 1.46. The van der Waals surface area contributed by atoms with Crippen LogP contribution in [-0.4, -0.2) is 46.0 Å². The first kappa shape index (κ1) is 20.3. The predicted molar refractivity (Wildman–Crippen MR) is 112 cm³/mol. The number of β-amino-alcohol motifs (C(OH)–C–C–N with tert-alkyl or cyclic N) is 1. The summed E-state index contributed by atoms with van der Waals surface area (Å²) in [4.78, 5) is 30.4. The Bertz CT molecular complexity index is 1110. The molecular formula is C22H19ClFN3O3. The number of benzene rings is 2. The number of amides is 2. The van der Waals surface area contributed by atoms with Gasteiger partial charge in [0, 0.05) is 41.3 Å². The summed E-state index contributed by atoms with van der Waals surface area (Å²) in [5, 5.41) is 14.4. The average Bonchev–Trinajstić information content (AvgIpc) is 2.74. The van der Waals surface area contributed by atoms with E-state index in [4.69, 9.17) is 11.6 Å². The highest BCUT2D eigenvalue weighted by Crippen LogP contribution is 2.33. The molecular weight excluding hydrogens is 409 g/mol. The van der Waals surface area contributed by atoms with Crippen LogP contribution in [0.5, 0.6) is 0 Å². The van der Waals surface area contributed by atoms with Crippen LogP contribution < -0.4 is 5.32 Å². The van der Waals surface area contributed by atoms with Crippen molar-refractivity contribution in [1.82, 2.24) is 9.88 Å². The van der Waals surface area contributed by atoms with Crippen LogP contribution in [-0.2, 0) is 9.59 Å². The maximum absolute atomic E-state index is 13.7. The highest BCUT2D eigenvalue weighted by atomic mass is 35.5. The zero-order valence-corrected chi connectivity index (χ0v) is 16.6. The third-order valence-corrected chi connectivity index (χ3v) is 5.55. The second-order valence-electron chi connectivity index (χ2n) is 7.24. The van der Waals surface area contributed by atoms with Crippen molar-refractivity contribution < 1.29 is 19.1 Å². The number of carbonyl (C=O) groups is 2. The van der Waals surface area contributed by atoms with E-state index < -0.39 is 17.9 Å². The van der Waals surface area contributed by atoms with E-state index in [2.05, 4.69) is 10.3 Å². The quantitative estimate of drug-likeness (QED) is 0.614. The van der Waals surface area contributed by atoms with Gasteiger partial charge in [0.15, 0.2) is 0 Å². The van der Waals surface area contributed by atoms with Gasteiger partial charge in [-0.1, -0.05) is 11.6 Å². The fourth-order valence-corrected chi connectivity index (χ4v) is 3.93. The van der Waals surface area contributed by atoms with Crippen molar-refractivity contribution in [1.29, 1.82) is 0 Å². The predicted octanol–water partition coefficient (Wildman–Crippen LogP) is 3.34. The molecule has 2 N–H and O–H groups in total. The SMILES string of the molecule is O=C(Nc1ccc(Cl)cc1)C(=O)N1CC[C@@H](c2ccnc3ccc(F)cc23)[C@@H](O)C1. The summed E-state index contributed by atoms with van der Waals surface area (Å²) in [6.07, 6.45) is 1.18. The molecule has 0 saturated carbocycles. The molecule has 1 aliphatic heterocycles. The van der Waals surface area contributed by atoms with Crippen molar-refractivity contribution in [2.75, 3.05) is 18.4 Å². The summed E-state index contributed by atoms with van der Waals surface area (Å²) in [5.41, 5.74) is 1.88. The topological polar surface area (TPSA) is 82.5 Å². The molecule has 154 valence electrons. The summed E-state index contributed by atoms with van der Waals surface area (Å²) in [6, 6.07) is 12.5. The molecule has 0 spiro atoms. The van der Waals surface area contributed by atoms with Crippen LogP contribution in [0.25, 0.3) is 10.9 Å². The Morgan fingerprint density at radius 3 is 2.67 bits per heavy atom. The van der Waals surface area contributed by atoms with E-state index in [0.717, 1.165) is 5.56 Å². The molecule has 2 amide bonds. The number of pyridine rings is 1. The van der Waals surface area contributed by atoms with Crippen molar-refractivity contribution in [2.24, 2.45) is 0 Å². The van der Waals surface area contributed by atoms with Gasteiger partial charge in [-0.3, -0.25) is 14.6 Å². The number of fused-ring (bicyclic) bond motifs is 1. The first-order valence-corrected chi connectivity index (χ1v) is 9.88. The molecule has 6 nitrogen and oxygen atoms in total. The monoisotopic (exact) mass is 427 g/mol. The molecule has 0 unspecified atom stereocenters. The minimum absolute atomic E-state index is 0.0106. The molecule has 2 heterocycles. The molecule has 0 aliphatic carbocycles. The Morgan fingerprint density at radius 2 is 1.93 bits per heavy atom. The first-order chi connectivity index (χ1) is 14.4. The zero-order chi connectivity index (χ0) is 21.3. The number of aromatic nitrogens is 1. The van der Waals surface area contributed by atoms with E-state index in [1.165, 1.54) is 17.0 Å². The van der Waals surface area contributed by atoms with Crippen molar-refractivity contribution in [3.05, 3.63) is 71.1 Å². The lowest BCUT2D eigenvalue weighted by molar-refractivity contribution is -0.145. The zero-order valence-electron chi connectivity index (χ0n) is 15.9. The highest BCUT2D eigenvalue weighted by molar-refractivity contribution is 6.39. The number of anilines is 1. The summed E-state index contributed by atoms with van der Waals surface area (Å²) in [6.45, 7) is 0.310.